The molecule has 2 nitrogen and oxygen atoms in total. The van der Waals surface area contributed by atoms with E-state index in [1.807, 2.05) is 6.07 Å². The van der Waals surface area contributed by atoms with E-state index in [1.54, 1.807) is 12.4 Å². The van der Waals surface area contributed by atoms with Crippen molar-refractivity contribution >= 4 is 15.9 Å². The molecule has 58 valence electrons. The topological polar surface area (TPSA) is 22.1 Å². The van der Waals surface area contributed by atoms with Gasteiger partial charge in [0.1, 0.15) is 0 Å². The molecule has 1 aromatic rings. The average molecular weight is 214 g/mol. The molecule has 0 bridgehead atoms. The van der Waals surface area contributed by atoms with Crippen LogP contribution in [0.4, 0.5) is 0 Å². The maximum Gasteiger partial charge on any atom is 0.0858 e. The number of halogens is 1. The van der Waals surface area contributed by atoms with Crippen LogP contribution in [0, 0.1) is 0 Å². The van der Waals surface area contributed by atoms with Crippen molar-refractivity contribution in [1.82, 2.24) is 4.98 Å². The molecule has 0 aromatic carbocycles. The average Bonchev–Trinajstić information content (AvgIpc) is 1.90. The molecule has 1 aliphatic heterocycles. The van der Waals surface area contributed by atoms with Gasteiger partial charge in [0, 0.05) is 23.3 Å². The second kappa shape index (κ2) is 2.91. The second-order valence-corrected chi connectivity index (χ2v) is 3.40. The maximum atomic E-state index is 5.34. The van der Waals surface area contributed by atoms with E-state index in [4.69, 9.17) is 4.74 Å². The Morgan fingerprint density at radius 3 is 3.00 bits per heavy atom. The molecule has 2 heterocycles. The van der Waals surface area contributed by atoms with Crippen LogP contribution in [-0.2, 0) is 4.74 Å². The number of aromatic nitrogens is 1. The highest BCUT2D eigenvalue weighted by molar-refractivity contribution is 9.10. The van der Waals surface area contributed by atoms with E-state index < -0.39 is 0 Å². The van der Waals surface area contributed by atoms with Crippen molar-refractivity contribution in [3.63, 3.8) is 0 Å². The Labute approximate surface area is 73.7 Å². The predicted molar refractivity (Wildman–Crippen MR) is 45.2 cm³/mol. The van der Waals surface area contributed by atoms with Crippen LogP contribution in [0.3, 0.4) is 0 Å². The highest BCUT2D eigenvalue weighted by Gasteiger charge is 2.21. The molecule has 1 aromatic heterocycles. The van der Waals surface area contributed by atoms with Crippen LogP contribution >= 0.6 is 15.9 Å². The molecule has 1 atom stereocenters. The van der Waals surface area contributed by atoms with E-state index in [1.165, 1.54) is 5.56 Å². The highest BCUT2D eigenvalue weighted by Crippen LogP contribution is 2.33. The first kappa shape index (κ1) is 7.25. The van der Waals surface area contributed by atoms with Gasteiger partial charge >= 0.3 is 0 Å². The zero-order valence-corrected chi connectivity index (χ0v) is 7.54. The zero-order valence-electron chi connectivity index (χ0n) is 5.96. The van der Waals surface area contributed by atoms with Crippen molar-refractivity contribution in [3.05, 3.63) is 28.5 Å². The zero-order chi connectivity index (χ0) is 7.68. The Hall–Kier alpha value is -0.410. The summed E-state index contributed by atoms with van der Waals surface area (Å²) >= 11 is 3.43. The largest absolute Gasteiger partial charge is 0.373 e. The van der Waals surface area contributed by atoms with Gasteiger partial charge in [-0.2, -0.15) is 0 Å². The Morgan fingerprint density at radius 1 is 1.64 bits per heavy atom. The van der Waals surface area contributed by atoms with Gasteiger partial charge in [0.25, 0.3) is 0 Å². The van der Waals surface area contributed by atoms with Gasteiger partial charge in [0.15, 0.2) is 0 Å². The SMILES string of the molecule is Brc1cnccc1C1CCO1. The molecule has 3 heteroatoms. The monoisotopic (exact) mass is 213 g/mol. The highest BCUT2D eigenvalue weighted by atomic mass is 79.9. The summed E-state index contributed by atoms with van der Waals surface area (Å²) < 4.78 is 6.39. The summed E-state index contributed by atoms with van der Waals surface area (Å²) in [4.78, 5) is 3.98. The minimum absolute atomic E-state index is 0.298. The van der Waals surface area contributed by atoms with Crippen LogP contribution < -0.4 is 0 Å². The Morgan fingerprint density at radius 2 is 2.45 bits per heavy atom. The first-order valence-corrected chi connectivity index (χ1v) is 4.38. The lowest BCUT2D eigenvalue weighted by molar-refractivity contribution is -0.0531. The third kappa shape index (κ3) is 1.30. The molecule has 2 rings (SSSR count). The van der Waals surface area contributed by atoms with E-state index in [-0.39, 0.29) is 0 Å². The fourth-order valence-corrected chi connectivity index (χ4v) is 1.63. The van der Waals surface area contributed by atoms with Gasteiger partial charge in [0.2, 0.25) is 0 Å². The van der Waals surface area contributed by atoms with Crippen LogP contribution in [0.5, 0.6) is 0 Å². The van der Waals surface area contributed by atoms with E-state index in [9.17, 15) is 0 Å². The van der Waals surface area contributed by atoms with Crippen LogP contribution in [-0.4, -0.2) is 11.6 Å². The third-order valence-corrected chi connectivity index (χ3v) is 2.51. The third-order valence-electron chi connectivity index (χ3n) is 1.85. The van der Waals surface area contributed by atoms with Crippen LogP contribution in [0.1, 0.15) is 18.1 Å². The van der Waals surface area contributed by atoms with Crippen LogP contribution in [0.15, 0.2) is 22.9 Å². The van der Waals surface area contributed by atoms with Crippen molar-refractivity contribution < 1.29 is 4.74 Å². The van der Waals surface area contributed by atoms with E-state index in [0.29, 0.717) is 6.10 Å². The molecular formula is C8H8BrNO. The number of ether oxygens (including phenoxy) is 1. The smallest absolute Gasteiger partial charge is 0.0858 e. The summed E-state index contributed by atoms with van der Waals surface area (Å²) in [6.07, 6.45) is 5.02. The summed E-state index contributed by atoms with van der Waals surface area (Å²) in [7, 11) is 0. The van der Waals surface area contributed by atoms with Crippen molar-refractivity contribution in [2.75, 3.05) is 6.61 Å². The van der Waals surface area contributed by atoms with Gasteiger partial charge in [-0.15, -0.1) is 0 Å². The normalized spacial score (nSPS) is 22.8. The van der Waals surface area contributed by atoms with Crippen LogP contribution in [0.25, 0.3) is 0 Å². The number of pyridine rings is 1. The number of hydrogen-bond donors (Lipinski definition) is 0. The molecular weight excluding hydrogens is 206 g/mol. The molecule has 1 fully saturated rings. The predicted octanol–water partition coefficient (Wildman–Crippen LogP) is 2.31. The molecule has 1 saturated heterocycles. The first-order chi connectivity index (χ1) is 5.38. The molecule has 1 aliphatic rings. The fraction of sp³-hybridized carbons (Fsp3) is 0.375. The number of hydrogen-bond acceptors (Lipinski definition) is 2. The summed E-state index contributed by atoms with van der Waals surface area (Å²) in [5.41, 5.74) is 1.21. The lowest BCUT2D eigenvalue weighted by atomic mass is 10.1. The summed E-state index contributed by atoms with van der Waals surface area (Å²) in [5, 5.41) is 0. The first-order valence-electron chi connectivity index (χ1n) is 3.59. The van der Waals surface area contributed by atoms with Gasteiger partial charge in [-0.1, -0.05) is 0 Å². The van der Waals surface area contributed by atoms with E-state index >= 15 is 0 Å². The van der Waals surface area contributed by atoms with Gasteiger partial charge in [-0.05, 0) is 27.6 Å². The summed E-state index contributed by atoms with van der Waals surface area (Å²) in [5.74, 6) is 0. The van der Waals surface area contributed by atoms with Gasteiger partial charge in [0.05, 0.1) is 12.7 Å². The lowest BCUT2D eigenvalue weighted by Crippen LogP contribution is -2.18. The molecule has 0 aliphatic carbocycles. The van der Waals surface area contributed by atoms with Crippen LogP contribution in [0.2, 0.25) is 0 Å². The van der Waals surface area contributed by atoms with Gasteiger partial charge < -0.3 is 4.74 Å². The second-order valence-electron chi connectivity index (χ2n) is 2.55. The molecule has 0 N–H and O–H groups in total. The van der Waals surface area contributed by atoms with Gasteiger partial charge in [-0.25, -0.2) is 0 Å². The Balaban J connectivity index is 2.28. The minimum atomic E-state index is 0.298. The van der Waals surface area contributed by atoms with E-state index in [0.717, 1.165) is 17.5 Å². The molecule has 0 radical (unpaired) electrons. The standard InChI is InChI=1S/C8H8BrNO/c9-7-5-10-3-1-6(7)8-2-4-11-8/h1,3,5,8H,2,4H2. The van der Waals surface area contributed by atoms with Crippen molar-refractivity contribution in [2.24, 2.45) is 0 Å². The van der Waals surface area contributed by atoms with Crippen molar-refractivity contribution in [1.29, 1.82) is 0 Å². The lowest BCUT2D eigenvalue weighted by Gasteiger charge is -2.27. The molecule has 0 amide bonds. The maximum absolute atomic E-state index is 5.34. The number of rotatable bonds is 1. The summed E-state index contributed by atoms with van der Waals surface area (Å²) in [6.45, 7) is 0.888. The minimum Gasteiger partial charge on any atom is -0.373 e. The van der Waals surface area contributed by atoms with Crippen molar-refractivity contribution in [2.45, 2.75) is 12.5 Å². The molecule has 1 unspecified atom stereocenters. The summed E-state index contributed by atoms with van der Waals surface area (Å²) in [6, 6.07) is 1.99. The van der Waals surface area contributed by atoms with E-state index in [2.05, 4.69) is 20.9 Å². The number of nitrogens with zero attached hydrogens (tertiary/aromatic N) is 1. The quantitative estimate of drug-likeness (QED) is 0.715. The van der Waals surface area contributed by atoms with Crippen molar-refractivity contribution in [3.8, 4) is 0 Å². The molecule has 0 spiro atoms. The fourth-order valence-electron chi connectivity index (χ4n) is 1.13. The Kier molecular flexibility index (Phi) is 1.92. The Bertz CT molecular complexity index is 260. The molecule has 0 saturated carbocycles. The molecule has 11 heavy (non-hydrogen) atoms. The van der Waals surface area contributed by atoms with Gasteiger partial charge in [-0.3, -0.25) is 4.98 Å².